The molecule has 0 bridgehead atoms. The van der Waals surface area contributed by atoms with Crippen LogP contribution in [0.25, 0.3) is 0 Å². The summed E-state index contributed by atoms with van der Waals surface area (Å²) in [7, 11) is 0. The molecule has 0 amide bonds. The van der Waals surface area contributed by atoms with Crippen LogP contribution in [0.15, 0.2) is 18.2 Å². The number of hydrogen-bond acceptors (Lipinski definition) is 5. The molecule has 1 atom stereocenters. The Balaban J connectivity index is 1.93. The number of fused-ring (bicyclic) bond motifs is 1. The van der Waals surface area contributed by atoms with Crippen molar-refractivity contribution in [2.45, 2.75) is 19.9 Å². The van der Waals surface area contributed by atoms with E-state index in [4.69, 9.17) is 9.47 Å². The van der Waals surface area contributed by atoms with Crippen LogP contribution >= 0.6 is 0 Å². The molecule has 5 heteroatoms. The minimum Gasteiger partial charge on any atom is -0.454 e. The standard InChI is InChI=1S/C15H21N3O2/c1-3-18(4-2)8-7-17-13(10-16)12-5-6-14-15(9-12)20-11-19-14/h5-6,9,13,17H,3-4,7-8,11H2,1-2H3. The highest BCUT2D eigenvalue weighted by Gasteiger charge is 2.17. The van der Waals surface area contributed by atoms with Gasteiger partial charge in [0, 0.05) is 13.1 Å². The molecule has 2 rings (SSSR count). The third kappa shape index (κ3) is 3.41. The van der Waals surface area contributed by atoms with Crippen molar-refractivity contribution in [2.24, 2.45) is 0 Å². The van der Waals surface area contributed by atoms with E-state index in [1.165, 1.54) is 0 Å². The van der Waals surface area contributed by atoms with Crippen molar-refractivity contribution in [1.82, 2.24) is 10.2 Å². The Bertz CT molecular complexity index is 480. The average molecular weight is 275 g/mol. The van der Waals surface area contributed by atoms with Crippen molar-refractivity contribution in [3.63, 3.8) is 0 Å². The van der Waals surface area contributed by atoms with Crippen LogP contribution in [0.4, 0.5) is 0 Å². The molecular formula is C15H21N3O2. The van der Waals surface area contributed by atoms with Gasteiger partial charge in [-0.1, -0.05) is 19.9 Å². The summed E-state index contributed by atoms with van der Waals surface area (Å²) in [4.78, 5) is 2.32. The predicted octanol–water partition coefficient (Wildman–Crippen LogP) is 1.91. The van der Waals surface area contributed by atoms with E-state index in [2.05, 4.69) is 30.1 Å². The van der Waals surface area contributed by atoms with Crippen LogP contribution in [0, 0.1) is 11.3 Å². The normalized spacial score (nSPS) is 14.3. The predicted molar refractivity (Wildman–Crippen MR) is 76.7 cm³/mol. The Morgan fingerprint density at radius 1 is 1.30 bits per heavy atom. The zero-order chi connectivity index (χ0) is 14.4. The molecule has 5 nitrogen and oxygen atoms in total. The van der Waals surface area contributed by atoms with Crippen LogP contribution in [0.2, 0.25) is 0 Å². The van der Waals surface area contributed by atoms with Gasteiger partial charge in [-0.2, -0.15) is 5.26 Å². The largest absolute Gasteiger partial charge is 0.454 e. The summed E-state index contributed by atoms with van der Waals surface area (Å²) in [5, 5.41) is 12.6. The molecule has 0 saturated heterocycles. The van der Waals surface area contributed by atoms with Gasteiger partial charge in [0.1, 0.15) is 6.04 Å². The third-order valence-electron chi connectivity index (χ3n) is 3.53. The molecule has 1 heterocycles. The van der Waals surface area contributed by atoms with E-state index in [1.54, 1.807) is 0 Å². The molecule has 1 N–H and O–H groups in total. The van der Waals surface area contributed by atoms with Gasteiger partial charge in [0.25, 0.3) is 0 Å². The Hall–Kier alpha value is -1.77. The molecule has 0 aromatic heterocycles. The third-order valence-corrected chi connectivity index (χ3v) is 3.53. The van der Waals surface area contributed by atoms with Gasteiger partial charge in [0.15, 0.2) is 11.5 Å². The molecule has 0 spiro atoms. The van der Waals surface area contributed by atoms with Gasteiger partial charge in [-0.05, 0) is 30.8 Å². The van der Waals surface area contributed by atoms with Gasteiger partial charge in [-0.15, -0.1) is 0 Å². The highest BCUT2D eigenvalue weighted by atomic mass is 16.7. The lowest BCUT2D eigenvalue weighted by atomic mass is 10.1. The smallest absolute Gasteiger partial charge is 0.231 e. The van der Waals surface area contributed by atoms with Crippen LogP contribution in [-0.4, -0.2) is 37.9 Å². The maximum atomic E-state index is 9.31. The number of likely N-dealkylation sites (N-methyl/N-ethyl adjacent to an activating group) is 1. The summed E-state index contributed by atoms with van der Waals surface area (Å²) in [5.74, 6) is 1.46. The minimum atomic E-state index is -0.319. The van der Waals surface area contributed by atoms with Gasteiger partial charge in [0.05, 0.1) is 6.07 Å². The first-order valence-corrected chi connectivity index (χ1v) is 7.03. The molecule has 108 valence electrons. The SMILES string of the molecule is CCN(CC)CCNC(C#N)c1ccc2c(c1)OCO2. The lowest BCUT2D eigenvalue weighted by Gasteiger charge is -2.19. The Kier molecular flexibility index (Phi) is 5.22. The summed E-state index contributed by atoms with van der Waals surface area (Å²) >= 11 is 0. The van der Waals surface area contributed by atoms with Gasteiger partial charge < -0.3 is 14.4 Å². The monoisotopic (exact) mass is 275 g/mol. The Labute approximate surface area is 120 Å². The number of rotatable bonds is 7. The minimum absolute atomic E-state index is 0.255. The molecule has 0 radical (unpaired) electrons. The van der Waals surface area contributed by atoms with E-state index in [1.807, 2.05) is 18.2 Å². The van der Waals surface area contributed by atoms with Gasteiger partial charge in [0.2, 0.25) is 6.79 Å². The maximum absolute atomic E-state index is 9.31. The summed E-state index contributed by atoms with van der Waals surface area (Å²) in [6, 6.07) is 7.61. The summed E-state index contributed by atoms with van der Waals surface area (Å²) < 4.78 is 10.6. The fourth-order valence-electron chi connectivity index (χ4n) is 2.24. The van der Waals surface area contributed by atoms with Crippen molar-refractivity contribution in [2.75, 3.05) is 33.0 Å². The van der Waals surface area contributed by atoms with Crippen LogP contribution in [-0.2, 0) is 0 Å². The van der Waals surface area contributed by atoms with Crippen LogP contribution in [0.5, 0.6) is 11.5 Å². The molecular weight excluding hydrogens is 254 g/mol. The fraction of sp³-hybridized carbons (Fsp3) is 0.533. The lowest BCUT2D eigenvalue weighted by Crippen LogP contribution is -2.33. The van der Waals surface area contributed by atoms with E-state index < -0.39 is 0 Å². The van der Waals surface area contributed by atoms with Crippen LogP contribution in [0.3, 0.4) is 0 Å². The first-order valence-electron chi connectivity index (χ1n) is 7.03. The van der Waals surface area contributed by atoms with Crippen LogP contribution < -0.4 is 14.8 Å². The lowest BCUT2D eigenvalue weighted by molar-refractivity contribution is 0.174. The van der Waals surface area contributed by atoms with Gasteiger partial charge in [-0.25, -0.2) is 0 Å². The Morgan fingerprint density at radius 2 is 2.05 bits per heavy atom. The number of nitrogens with zero attached hydrogens (tertiary/aromatic N) is 2. The van der Waals surface area contributed by atoms with E-state index in [9.17, 15) is 5.26 Å². The maximum Gasteiger partial charge on any atom is 0.231 e. The van der Waals surface area contributed by atoms with Crippen molar-refractivity contribution in [3.05, 3.63) is 23.8 Å². The van der Waals surface area contributed by atoms with E-state index in [0.29, 0.717) is 5.75 Å². The zero-order valence-corrected chi connectivity index (χ0v) is 12.1. The van der Waals surface area contributed by atoms with E-state index in [0.717, 1.165) is 37.5 Å². The molecule has 0 fully saturated rings. The first-order chi connectivity index (χ1) is 9.78. The molecule has 1 aliphatic rings. The second-order valence-electron chi connectivity index (χ2n) is 4.66. The van der Waals surface area contributed by atoms with Crippen molar-refractivity contribution < 1.29 is 9.47 Å². The number of ether oxygens (including phenoxy) is 2. The number of nitrogens with one attached hydrogen (secondary N) is 1. The molecule has 1 aromatic rings. The number of hydrogen-bond donors (Lipinski definition) is 1. The first kappa shape index (κ1) is 14.6. The van der Waals surface area contributed by atoms with Crippen LogP contribution in [0.1, 0.15) is 25.5 Å². The molecule has 0 saturated carbocycles. The van der Waals surface area contributed by atoms with E-state index >= 15 is 0 Å². The van der Waals surface area contributed by atoms with E-state index in [-0.39, 0.29) is 12.8 Å². The molecule has 1 unspecified atom stereocenters. The summed E-state index contributed by atoms with van der Waals surface area (Å²) in [6.07, 6.45) is 0. The fourth-order valence-corrected chi connectivity index (χ4v) is 2.24. The summed E-state index contributed by atoms with van der Waals surface area (Å²) in [6.45, 7) is 8.32. The van der Waals surface area contributed by atoms with Gasteiger partial charge >= 0.3 is 0 Å². The molecule has 0 aliphatic carbocycles. The number of nitriles is 1. The highest BCUT2D eigenvalue weighted by molar-refractivity contribution is 5.46. The Morgan fingerprint density at radius 3 is 2.75 bits per heavy atom. The summed E-state index contributed by atoms with van der Waals surface area (Å²) in [5.41, 5.74) is 0.913. The topological polar surface area (TPSA) is 57.5 Å². The quantitative estimate of drug-likeness (QED) is 0.823. The molecule has 1 aromatic carbocycles. The molecule has 1 aliphatic heterocycles. The highest BCUT2D eigenvalue weighted by Crippen LogP contribution is 2.34. The van der Waals surface area contributed by atoms with Crippen molar-refractivity contribution in [1.29, 1.82) is 5.26 Å². The van der Waals surface area contributed by atoms with Crippen molar-refractivity contribution >= 4 is 0 Å². The number of benzene rings is 1. The van der Waals surface area contributed by atoms with Gasteiger partial charge in [-0.3, -0.25) is 5.32 Å². The van der Waals surface area contributed by atoms with Crippen molar-refractivity contribution in [3.8, 4) is 17.6 Å². The average Bonchev–Trinajstić information content (AvgIpc) is 2.95. The second-order valence-corrected chi connectivity index (χ2v) is 4.66. The second kappa shape index (κ2) is 7.13. The molecule has 20 heavy (non-hydrogen) atoms. The zero-order valence-electron chi connectivity index (χ0n) is 12.1.